The SMILES string of the molecule is COC(=O)NC1CCN(S(=O)(=O)c2c(N)nn(C)c2C)C1. The number of rotatable bonds is 3. The first-order chi connectivity index (χ1) is 9.77. The summed E-state index contributed by atoms with van der Waals surface area (Å²) in [5.74, 6) is -0.0145. The van der Waals surface area contributed by atoms with Gasteiger partial charge in [0.1, 0.15) is 4.90 Å². The summed E-state index contributed by atoms with van der Waals surface area (Å²) in [6, 6.07) is -0.273. The van der Waals surface area contributed by atoms with Crippen LogP contribution in [-0.2, 0) is 21.8 Å². The van der Waals surface area contributed by atoms with Crippen LogP contribution in [0.5, 0.6) is 0 Å². The molecule has 1 atom stereocenters. The van der Waals surface area contributed by atoms with E-state index in [0.29, 0.717) is 18.7 Å². The van der Waals surface area contributed by atoms with Crippen molar-refractivity contribution in [3.63, 3.8) is 0 Å². The highest BCUT2D eigenvalue weighted by Crippen LogP contribution is 2.27. The molecule has 1 saturated heterocycles. The topological polar surface area (TPSA) is 120 Å². The molecule has 9 nitrogen and oxygen atoms in total. The predicted octanol–water partition coefficient (Wildman–Crippen LogP) is -0.570. The van der Waals surface area contributed by atoms with Gasteiger partial charge in [-0.1, -0.05) is 0 Å². The molecule has 1 aliphatic heterocycles. The first-order valence-electron chi connectivity index (χ1n) is 6.41. The van der Waals surface area contributed by atoms with E-state index in [0.717, 1.165) is 0 Å². The summed E-state index contributed by atoms with van der Waals surface area (Å²) in [7, 11) is -0.824. The maximum atomic E-state index is 12.6. The first kappa shape index (κ1) is 15.6. The van der Waals surface area contributed by atoms with Crippen LogP contribution in [-0.4, -0.2) is 54.8 Å². The standard InChI is InChI=1S/C11H19N5O4S/c1-7-9(10(12)14-15(7)2)21(18,19)16-5-4-8(6-16)13-11(17)20-3/h8H,4-6H2,1-3H3,(H2,12,14)(H,13,17). The lowest BCUT2D eigenvalue weighted by Gasteiger charge is -2.17. The van der Waals surface area contributed by atoms with Crippen molar-refractivity contribution >= 4 is 21.9 Å². The number of amides is 1. The highest BCUT2D eigenvalue weighted by atomic mass is 32.2. The van der Waals surface area contributed by atoms with Crippen LogP contribution in [0.3, 0.4) is 0 Å². The number of nitrogen functional groups attached to an aromatic ring is 1. The minimum atomic E-state index is -3.72. The molecule has 0 bridgehead atoms. The number of nitrogens with zero attached hydrogens (tertiary/aromatic N) is 3. The number of carbonyl (C=O) groups is 1. The molecule has 21 heavy (non-hydrogen) atoms. The van der Waals surface area contributed by atoms with Gasteiger partial charge < -0.3 is 15.8 Å². The quantitative estimate of drug-likeness (QED) is 0.770. The molecule has 10 heteroatoms. The van der Waals surface area contributed by atoms with Crippen LogP contribution in [0.4, 0.5) is 10.6 Å². The fourth-order valence-corrected chi connectivity index (χ4v) is 4.14. The van der Waals surface area contributed by atoms with E-state index in [1.807, 2.05) is 0 Å². The van der Waals surface area contributed by atoms with Crippen molar-refractivity contribution in [3.05, 3.63) is 5.69 Å². The summed E-state index contributed by atoms with van der Waals surface area (Å²) in [5.41, 5.74) is 6.19. The van der Waals surface area contributed by atoms with Gasteiger partial charge in [0.05, 0.1) is 12.8 Å². The zero-order valence-corrected chi connectivity index (χ0v) is 13.0. The number of methoxy groups -OCH3 is 1. The number of aromatic nitrogens is 2. The van der Waals surface area contributed by atoms with Crippen molar-refractivity contribution in [2.75, 3.05) is 25.9 Å². The molecule has 118 valence electrons. The third-order valence-corrected chi connectivity index (χ3v) is 5.59. The van der Waals surface area contributed by atoms with Gasteiger partial charge in [-0.25, -0.2) is 13.2 Å². The van der Waals surface area contributed by atoms with Crippen molar-refractivity contribution in [2.45, 2.75) is 24.3 Å². The van der Waals surface area contributed by atoms with E-state index in [1.54, 1.807) is 14.0 Å². The third-order valence-electron chi connectivity index (χ3n) is 3.56. The summed E-state index contributed by atoms with van der Waals surface area (Å²) in [5, 5.41) is 6.52. The number of carbonyl (C=O) groups excluding carboxylic acids is 1. The second-order valence-electron chi connectivity index (χ2n) is 4.91. The molecule has 1 aliphatic rings. The second kappa shape index (κ2) is 5.53. The smallest absolute Gasteiger partial charge is 0.407 e. The number of alkyl carbamates (subject to hydrolysis) is 1. The van der Waals surface area contributed by atoms with E-state index in [1.165, 1.54) is 16.1 Å². The lowest BCUT2D eigenvalue weighted by molar-refractivity contribution is 0.167. The largest absolute Gasteiger partial charge is 0.453 e. The fourth-order valence-electron chi connectivity index (χ4n) is 2.35. The molecular weight excluding hydrogens is 298 g/mol. The van der Waals surface area contributed by atoms with Crippen LogP contribution in [0, 0.1) is 6.92 Å². The van der Waals surface area contributed by atoms with Crippen molar-refractivity contribution in [1.82, 2.24) is 19.4 Å². The molecule has 2 rings (SSSR count). The van der Waals surface area contributed by atoms with E-state index in [-0.39, 0.29) is 23.3 Å². The monoisotopic (exact) mass is 317 g/mol. The van der Waals surface area contributed by atoms with Crippen LogP contribution in [0.15, 0.2) is 4.90 Å². The minimum absolute atomic E-state index is 0.0145. The maximum Gasteiger partial charge on any atom is 0.407 e. The van der Waals surface area contributed by atoms with Crippen molar-refractivity contribution < 1.29 is 17.9 Å². The van der Waals surface area contributed by atoms with Gasteiger partial charge in [0.2, 0.25) is 10.0 Å². The van der Waals surface area contributed by atoms with Gasteiger partial charge in [-0.2, -0.15) is 9.40 Å². The van der Waals surface area contributed by atoms with Gasteiger partial charge in [-0.15, -0.1) is 0 Å². The van der Waals surface area contributed by atoms with Gasteiger partial charge in [0.25, 0.3) is 0 Å². The van der Waals surface area contributed by atoms with E-state index in [4.69, 9.17) is 5.73 Å². The predicted molar refractivity (Wildman–Crippen MR) is 75.1 cm³/mol. The number of ether oxygens (including phenoxy) is 1. The number of nitrogens with one attached hydrogen (secondary N) is 1. The summed E-state index contributed by atoms with van der Waals surface area (Å²) < 4.78 is 32.5. The molecule has 1 unspecified atom stereocenters. The lowest BCUT2D eigenvalue weighted by atomic mass is 10.3. The van der Waals surface area contributed by atoms with Crippen LogP contribution in [0.25, 0.3) is 0 Å². The molecule has 2 heterocycles. The van der Waals surface area contributed by atoms with Crippen molar-refractivity contribution in [2.24, 2.45) is 7.05 Å². The van der Waals surface area contributed by atoms with Crippen LogP contribution < -0.4 is 11.1 Å². The number of sulfonamides is 1. The molecule has 3 N–H and O–H groups in total. The summed E-state index contributed by atoms with van der Waals surface area (Å²) in [6.07, 6.45) is -0.0515. The fraction of sp³-hybridized carbons (Fsp3) is 0.636. The number of aryl methyl sites for hydroxylation is 1. The van der Waals surface area contributed by atoms with Crippen LogP contribution in [0.2, 0.25) is 0 Å². The Labute approximate surface area is 123 Å². The van der Waals surface area contributed by atoms with Crippen LogP contribution >= 0.6 is 0 Å². The first-order valence-corrected chi connectivity index (χ1v) is 7.85. The second-order valence-corrected chi connectivity index (χ2v) is 6.78. The van der Waals surface area contributed by atoms with Crippen molar-refractivity contribution in [3.8, 4) is 0 Å². The zero-order chi connectivity index (χ0) is 15.8. The number of nitrogens with two attached hydrogens (primary N) is 1. The normalized spacial score (nSPS) is 19.7. The maximum absolute atomic E-state index is 12.6. The van der Waals surface area contributed by atoms with Gasteiger partial charge in [0, 0.05) is 26.2 Å². The van der Waals surface area contributed by atoms with Gasteiger partial charge in [0.15, 0.2) is 5.82 Å². The molecule has 0 spiro atoms. The van der Waals surface area contributed by atoms with E-state index >= 15 is 0 Å². The molecule has 0 aliphatic carbocycles. The Bertz CT molecular complexity index is 654. The highest BCUT2D eigenvalue weighted by molar-refractivity contribution is 7.89. The molecule has 0 saturated carbocycles. The Morgan fingerprint density at radius 3 is 2.71 bits per heavy atom. The average molecular weight is 317 g/mol. The number of anilines is 1. The Morgan fingerprint density at radius 1 is 1.52 bits per heavy atom. The van der Waals surface area contributed by atoms with Gasteiger partial charge >= 0.3 is 6.09 Å². The highest BCUT2D eigenvalue weighted by Gasteiger charge is 2.36. The van der Waals surface area contributed by atoms with Gasteiger partial charge in [-0.05, 0) is 13.3 Å². The molecule has 1 fully saturated rings. The number of hydrogen-bond donors (Lipinski definition) is 2. The minimum Gasteiger partial charge on any atom is -0.453 e. The van der Waals surface area contributed by atoms with Crippen LogP contribution in [0.1, 0.15) is 12.1 Å². The Hall–Kier alpha value is -1.81. The summed E-state index contributed by atoms with van der Waals surface area (Å²) >= 11 is 0. The van der Waals surface area contributed by atoms with E-state index < -0.39 is 16.1 Å². The number of hydrogen-bond acceptors (Lipinski definition) is 6. The molecule has 1 aromatic heterocycles. The van der Waals surface area contributed by atoms with E-state index in [2.05, 4.69) is 15.2 Å². The average Bonchev–Trinajstić information content (AvgIpc) is 2.96. The molecular formula is C11H19N5O4S. The summed E-state index contributed by atoms with van der Waals surface area (Å²) in [6.45, 7) is 2.15. The zero-order valence-electron chi connectivity index (χ0n) is 12.2. The Balaban J connectivity index is 2.20. The van der Waals surface area contributed by atoms with E-state index in [9.17, 15) is 13.2 Å². The molecule has 0 radical (unpaired) electrons. The van der Waals surface area contributed by atoms with Gasteiger partial charge in [-0.3, -0.25) is 4.68 Å². The Kier molecular flexibility index (Phi) is 4.10. The lowest BCUT2D eigenvalue weighted by Crippen LogP contribution is -2.38. The molecule has 1 amide bonds. The molecule has 1 aromatic rings. The summed E-state index contributed by atoms with van der Waals surface area (Å²) in [4.78, 5) is 11.2. The third kappa shape index (κ3) is 2.81. The Morgan fingerprint density at radius 2 is 2.19 bits per heavy atom. The molecule has 0 aromatic carbocycles. The van der Waals surface area contributed by atoms with Crippen molar-refractivity contribution in [1.29, 1.82) is 0 Å².